The molecular formula is C27H42N2O5. The lowest BCUT2D eigenvalue weighted by Gasteiger charge is -2.24. The Morgan fingerprint density at radius 3 is 2.18 bits per heavy atom. The predicted octanol–water partition coefficient (Wildman–Crippen LogP) is 4.71. The molecule has 7 heteroatoms. The topological polar surface area (TPSA) is 116 Å². The molecule has 0 bridgehead atoms. The van der Waals surface area contributed by atoms with Crippen LogP contribution in [0.4, 0.5) is 0 Å². The van der Waals surface area contributed by atoms with Crippen LogP contribution in [0, 0.1) is 5.92 Å². The lowest BCUT2D eigenvalue weighted by Crippen LogP contribution is -2.51. The molecule has 0 unspecified atom stereocenters. The zero-order chi connectivity index (χ0) is 24.8. The van der Waals surface area contributed by atoms with Gasteiger partial charge in [0.1, 0.15) is 11.8 Å². The van der Waals surface area contributed by atoms with Crippen LogP contribution >= 0.6 is 0 Å². The quantitative estimate of drug-likeness (QED) is 0.259. The molecule has 2 atom stereocenters. The first-order chi connectivity index (χ1) is 16.4. The fraction of sp³-hybridized carbons (Fsp3) is 0.667. The third kappa shape index (κ3) is 10.6. The molecule has 0 spiro atoms. The first kappa shape index (κ1) is 27.7. The first-order valence-corrected chi connectivity index (χ1v) is 13.0. The van der Waals surface area contributed by atoms with Crippen molar-refractivity contribution in [3.8, 4) is 5.75 Å². The average Bonchev–Trinajstić information content (AvgIpc) is 3.31. The molecule has 2 amide bonds. The Bertz CT molecular complexity index is 759. The van der Waals surface area contributed by atoms with Crippen LogP contribution in [-0.2, 0) is 20.8 Å². The van der Waals surface area contributed by atoms with E-state index >= 15 is 0 Å². The van der Waals surface area contributed by atoms with Gasteiger partial charge < -0.3 is 20.8 Å². The summed E-state index contributed by atoms with van der Waals surface area (Å²) in [6.07, 6.45) is 12.3. The van der Waals surface area contributed by atoms with Gasteiger partial charge in [0.05, 0.1) is 6.42 Å². The summed E-state index contributed by atoms with van der Waals surface area (Å²) in [4.78, 5) is 37.5. The van der Waals surface area contributed by atoms with E-state index in [2.05, 4.69) is 17.6 Å². The van der Waals surface area contributed by atoms with Crippen molar-refractivity contribution in [3.63, 3.8) is 0 Å². The number of phenolic OH excluding ortho intramolecular Hbond substituents is 1. The molecule has 1 saturated carbocycles. The molecule has 1 aliphatic rings. The third-order valence-corrected chi connectivity index (χ3v) is 6.66. The number of carboxylic acid groups (broad SMARTS) is 1. The van der Waals surface area contributed by atoms with Gasteiger partial charge >= 0.3 is 5.97 Å². The van der Waals surface area contributed by atoms with Gasteiger partial charge in [0.25, 0.3) is 0 Å². The van der Waals surface area contributed by atoms with E-state index in [1.165, 1.54) is 25.7 Å². The van der Waals surface area contributed by atoms with Gasteiger partial charge in [-0.25, -0.2) is 0 Å². The molecular weight excluding hydrogens is 432 g/mol. The molecule has 4 N–H and O–H groups in total. The number of carbonyl (C=O) groups excluding carboxylic acids is 2. The van der Waals surface area contributed by atoms with Crippen molar-refractivity contribution in [2.45, 2.75) is 109 Å². The minimum absolute atomic E-state index is 0.120. The normalized spacial score (nSPS) is 15.6. The van der Waals surface area contributed by atoms with Crippen LogP contribution in [-0.4, -0.2) is 40.1 Å². The summed E-state index contributed by atoms with van der Waals surface area (Å²) in [6.45, 7) is 2.18. The third-order valence-electron chi connectivity index (χ3n) is 6.66. The summed E-state index contributed by atoms with van der Waals surface area (Å²) in [5, 5.41) is 24.8. The predicted molar refractivity (Wildman–Crippen MR) is 132 cm³/mol. The number of aromatic hydroxyl groups is 1. The molecule has 0 radical (unpaired) electrons. The second kappa shape index (κ2) is 15.4. The Hall–Kier alpha value is -2.57. The van der Waals surface area contributed by atoms with Crippen molar-refractivity contribution in [2.75, 3.05) is 0 Å². The van der Waals surface area contributed by atoms with Crippen molar-refractivity contribution < 1.29 is 24.6 Å². The molecule has 0 heterocycles. The van der Waals surface area contributed by atoms with Gasteiger partial charge in [-0.05, 0) is 37.0 Å². The van der Waals surface area contributed by atoms with Gasteiger partial charge in [0.2, 0.25) is 11.8 Å². The minimum atomic E-state index is -1.01. The van der Waals surface area contributed by atoms with Gasteiger partial charge in [-0.3, -0.25) is 14.4 Å². The van der Waals surface area contributed by atoms with E-state index in [4.69, 9.17) is 0 Å². The number of carbonyl (C=O) groups is 3. The van der Waals surface area contributed by atoms with Crippen LogP contribution in [0.15, 0.2) is 24.3 Å². The second-order valence-corrected chi connectivity index (χ2v) is 9.63. The van der Waals surface area contributed by atoms with E-state index in [1.807, 2.05) is 0 Å². The average molecular weight is 475 g/mol. The van der Waals surface area contributed by atoms with Crippen molar-refractivity contribution in [1.29, 1.82) is 0 Å². The minimum Gasteiger partial charge on any atom is -0.508 e. The van der Waals surface area contributed by atoms with Gasteiger partial charge in [-0.2, -0.15) is 0 Å². The zero-order valence-corrected chi connectivity index (χ0v) is 20.6. The number of aliphatic carboxylic acids is 1. The number of rotatable bonds is 16. The maximum Gasteiger partial charge on any atom is 0.304 e. The molecule has 0 aliphatic heterocycles. The van der Waals surface area contributed by atoms with Gasteiger partial charge in [0, 0.05) is 18.4 Å². The molecule has 0 saturated heterocycles. The number of benzene rings is 1. The monoisotopic (exact) mass is 474 g/mol. The Labute approximate surface area is 203 Å². The van der Waals surface area contributed by atoms with E-state index in [9.17, 15) is 24.6 Å². The maximum atomic E-state index is 13.1. The molecule has 1 aliphatic carbocycles. The highest BCUT2D eigenvalue weighted by atomic mass is 16.4. The van der Waals surface area contributed by atoms with Gasteiger partial charge in [-0.15, -0.1) is 0 Å². The van der Waals surface area contributed by atoms with Crippen molar-refractivity contribution >= 4 is 17.8 Å². The summed E-state index contributed by atoms with van der Waals surface area (Å²) >= 11 is 0. The smallest absolute Gasteiger partial charge is 0.304 e. The lowest BCUT2D eigenvalue weighted by atomic mass is 9.95. The van der Waals surface area contributed by atoms with Crippen LogP contribution in [0.2, 0.25) is 0 Å². The van der Waals surface area contributed by atoms with Crippen LogP contribution in [0.3, 0.4) is 0 Å². The number of unbranched alkanes of at least 4 members (excludes halogenated alkanes) is 6. The van der Waals surface area contributed by atoms with E-state index < -0.39 is 17.9 Å². The number of hydrogen-bond donors (Lipinski definition) is 4. The van der Waals surface area contributed by atoms with Gasteiger partial charge in [0.15, 0.2) is 0 Å². The first-order valence-electron chi connectivity index (χ1n) is 13.0. The molecule has 1 aromatic rings. The molecule has 2 rings (SSSR count). The number of amides is 2. The molecule has 1 aromatic carbocycles. The Kier molecular flexibility index (Phi) is 12.5. The highest BCUT2D eigenvalue weighted by Gasteiger charge is 2.29. The number of carboxylic acids is 1. The molecule has 34 heavy (non-hydrogen) atoms. The summed E-state index contributed by atoms with van der Waals surface area (Å²) in [5.74, 6) is -2.14. The van der Waals surface area contributed by atoms with Crippen LogP contribution in [0.25, 0.3) is 0 Å². The standard InChI is InChI=1S/C27H42N2O5/c1-2-3-4-5-6-7-8-11-21(19-25(31)32)26(33)29-24(18-20-14-16-23(30)17-15-20)27(34)28-22-12-9-10-13-22/h14-17,21-22,24,30H,2-13,18-19H2,1H3,(H,28,34)(H,29,33)(H,31,32)/t21-,24+/m0/s1. The van der Waals surface area contributed by atoms with E-state index in [0.29, 0.717) is 6.42 Å². The highest BCUT2D eigenvalue weighted by molar-refractivity contribution is 5.90. The number of phenols is 1. The van der Waals surface area contributed by atoms with E-state index in [-0.39, 0.29) is 36.4 Å². The SMILES string of the molecule is CCCCCCCCC[C@@H](CC(=O)O)C(=O)N[C@H](Cc1ccc(O)cc1)C(=O)NC1CCCC1. The lowest BCUT2D eigenvalue weighted by molar-refractivity contribution is -0.141. The maximum absolute atomic E-state index is 13.1. The summed E-state index contributed by atoms with van der Waals surface area (Å²) in [7, 11) is 0. The zero-order valence-electron chi connectivity index (χ0n) is 20.6. The molecule has 0 aromatic heterocycles. The van der Waals surface area contributed by atoms with Crippen LogP contribution in [0.1, 0.15) is 96.0 Å². The fourth-order valence-electron chi connectivity index (χ4n) is 4.62. The Morgan fingerprint density at radius 2 is 1.56 bits per heavy atom. The Morgan fingerprint density at radius 1 is 0.941 bits per heavy atom. The summed E-state index contributed by atoms with van der Waals surface area (Å²) in [5.41, 5.74) is 0.812. The number of nitrogens with one attached hydrogen (secondary N) is 2. The van der Waals surface area contributed by atoms with E-state index in [1.54, 1.807) is 24.3 Å². The van der Waals surface area contributed by atoms with Crippen LogP contribution in [0.5, 0.6) is 5.75 Å². The molecule has 190 valence electrons. The van der Waals surface area contributed by atoms with Crippen molar-refractivity contribution in [1.82, 2.24) is 10.6 Å². The highest BCUT2D eigenvalue weighted by Crippen LogP contribution is 2.20. The van der Waals surface area contributed by atoms with Crippen molar-refractivity contribution in [3.05, 3.63) is 29.8 Å². The Balaban J connectivity index is 1.99. The summed E-state index contributed by atoms with van der Waals surface area (Å²) < 4.78 is 0. The molecule has 7 nitrogen and oxygen atoms in total. The summed E-state index contributed by atoms with van der Waals surface area (Å²) in [6, 6.07) is 5.89. The van der Waals surface area contributed by atoms with E-state index in [0.717, 1.165) is 50.5 Å². The van der Waals surface area contributed by atoms with Gasteiger partial charge in [-0.1, -0.05) is 76.8 Å². The molecule has 1 fully saturated rings. The second-order valence-electron chi connectivity index (χ2n) is 9.63. The van der Waals surface area contributed by atoms with Crippen molar-refractivity contribution in [2.24, 2.45) is 5.92 Å². The largest absolute Gasteiger partial charge is 0.508 e. The number of hydrogen-bond acceptors (Lipinski definition) is 4. The van der Waals surface area contributed by atoms with Crippen LogP contribution < -0.4 is 10.6 Å². The fourth-order valence-corrected chi connectivity index (χ4v) is 4.62.